The highest BCUT2D eigenvalue weighted by Gasteiger charge is 2.40. The van der Waals surface area contributed by atoms with Crippen LogP contribution in [0.25, 0.3) is 0 Å². The fraction of sp³-hybridized carbons (Fsp3) is 0.500. The van der Waals surface area contributed by atoms with Gasteiger partial charge < -0.3 is 26.0 Å². The van der Waals surface area contributed by atoms with Gasteiger partial charge in [-0.25, -0.2) is 0 Å². The molecule has 0 bridgehead atoms. The van der Waals surface area contributed by atoms with Crippen LogP contribution in [-0.4, -0.2) is 58.7 Å². The van der Waals surface area contributed by atoms with Gasteiger partial charge in [0.05, 0.1) is 30.9 Å². The lowest BCUT2D eigenvalue weighted by Gasteiger charge is -2.16. The van der Waals surface area contributed by atoms with E-state index in [4.69, 9.17) is 5.11 Å². The van der Waals surface area contributed by atoms with Gasteiger partial charge in [-0.15, -0.1) is 0 Å². The predicted octanol–water partition coefficient (Wildman–Crippen LogP) is -1.22. The largest absolute Gasteiger partial charge is 0.395 e. The van der Waals surface area contributed by atoms with Gasteiger partial charge in [-0.3, -0.25) is 4.79 Å². The zero-order valence-corrected chi connectivity index (χ0v) is 11.3. The van der Waals surface area contributed by atoms with E-state index in [2.05, 4.69) is 10.6 Å². The average Bonchev–Trinajstić information content (AvgIpc) is 2.73. The number of aryl methyl sites for hydroxylation is 1. The summed E-state index contributed by atoms with van der Waals surface area (Å²) in [6.07, 6.45) is -2.04. The Morgan fingerprint density at radius 2 is 1.80 bits per heavy atom. The lowest BCUT2D eigenvalue weighted by molar-refractivity contribution is 0.0197. The first kappa shape index (κ1) is 14.9. The second-order valence-corrected chi connectivity index (χ2v) is 5.12. The topological polar surface area (TPSA) is 102 Å². The molecular formula is C14H20N2O4. The van der Waals surface area contributed by atoms with Gasteiger partial charge >= 0.3 is 0 Å². The summed E-state index contributed by atoms with van der Waals surface area (Å²) in [6.45, 7) is 1.86. The molecule has 1 aliphatic rings. The lowest BCUT2D eigenvalue weighted by atomic mass is 10.1. The Hall–Kier alpha value is -1.47. The summed E-state index contributed by atoms with van der Waals surface area (Å²) in [5, 5.41) is 34.1. The van der Waals surface area contributed by atoms with Crippen molar-refractivity contribution in [2.24, 2.45) is 0 Å². The second-order valence-electron chi connectivity index (χ2n) is 5.12. The summed E-state index contributed by atoms with van der Waals surface area (Å²) < 4.78 is 0. The van der Waals surface area contributed by atoms with E-state index in [1.54, 1.807) is 12.1 Å². The number of aliphatic hydroxyl groups excluding tert-OH is 3. The van der Waals surface area contributed by atoms with Crippen LogP contribution in [0.2, 0.25) is 0 Å². The molecule has 1 fully saturated rings. The van der Waals surface area contributed by atoms with Gasteiger partial charge in [0.25, 0.3) is 5.91 Å². The van der Waals surface area contributed by atoms with Gasteiger partial charge in [0.2, 0.25) is 0 Å². The molecule has 0 radical (unpaired) electrons. The summed E-state index contributed by atoms with van der Waals surface area (Å²) in [6, 6.07) is 6.12. The van der Waals surface area contributed by atoms with Gasteiger partial charge in [-0.2, -0.15) is 0 Å². The minimum Gasteiger partial charge on any atom is -0.395 e. The van der Waals surface area contributed by atoms with E-state index in [-0.39, 0.29) is 19.1 Å². The first-order valence-corrected chi connectivity index (χ1v) is 6.61. The van der Waals surface area contributed by atoms with Crippen LogP contribution in [-0.2, 0) is 0 Å². The molecule has 6 nitrogen and oxygen atoms in total. The van der Waals surface area contributed by atoms with Gasteiger partial charge in [0, 0.05) is 12.1 Å². The smallest absolute Gasteiger partial charge is 0.251 e. The van der Waals surface area contributed by atoms with E-state index < -0.39 is 24.3 Å². The Bertz CT molecular complexity index is 463. The third-order valence-electron chi connectivity index (χ3n) is 3.60. The molecule has 0 aliphatic carbocycles. The average molecular weight is 280 g/mol. The van der Waals surface area contributed by atoms with Crippen LogP contribution < -0.4 is 10.6 Å². The number of carbonyl (C=O) groups is 1. The highest BCUT2D eigenvalue weighted by Crippen LogP contribution is 2.14. The van der Waals surface area contributed by atoms with Gasteiger partial charge in [-0.05, 0) is 19.1 Å². The molecule has 1 heterocycles. The van der Waals surface area contributed by atoms with Gasteiger partial charge in [-0.1, -0.05) is 17.7 Å². The molecule has 1 aromatic rings. The second kappa shape index (κ2) is 6.32. The predicted molar refractivity (Wildman–Crippen MR) is 73.3 cm³/mol. The maximum absolute atomic E-state index is 11.9. The zero-order valence-electron chi connectivity index (χ0n) is 11.3. The van der Waals surface area contributed by atoms with Crippen LogP contribution in [0.4, 0.5) is 0 Å². The van der Waals surface area contributed by atoms with Crippen LogP contribution in [0.15, 0.2) is 24.3 Å². The molecule has 1 amide bonds. The molecule has 0 saturated carbocycles. The number of carbonyl (C=O) groups excluding carboxylic acids is 1. The fourth-order valence-electron chi connectivity index (χ4n) is 2.30. The van der Waals surface area contributed by atoms with Crippen molar-refractivity contribution in [1.29, 1.82) is 0 Å². The molecule has 2 rings (SSSR count). The van der Waals surface area contributed by atoms with Crippen molar-refractivity contribution >= 4 is 5.91 Å². The summed E-state index contributed by atoms with van der Waals surface area (Å²) in [4.78, 5) is 11.9. The van der Waals surface area contributed by atoms with E-state index in [1.807, 2.05) is 19.1 Å². The molecule has 110 valence electrons. The molecule has 0 spiro atoms. The van der Waals surface area contributed by atoms with Crippen molar-refractivity contribution < 1.29 is 20.1 Å². The van der Waals surface area contributed by atoms with E-state index in [0.717, 1.165) is 5.56 Å². The summed E-state index contributed by atoms with van der Waals surface area (Å²) >= 11 is 0. The third-order valence-corrected chi connectivity index (χ3v) is 3.60. The molecule has 0 aromatic heterocycles. The molecule has 4 atom stereocenters. The Balaban J connectivity index is 1.89. The normalized spacial score (nSPS) is 29.4. The highest BCUT2D eigenvalue weighted by atomic mass is 16.3. The number of hydrogen-bond acceptors (Lipinski definition) is 5. The molecule has 0 unspecified atom stereocenters. The molecule has 5 N–H and O–H groups in total. The van der Waals surface area contributed by atoms with E-state index in [0.29, 0.717) is 5.56 Å². The van der Waals surface area contributed by atoms with Crippen LogP contribution in [0.3, 0.4) is 0 Å². The minimum absolute atomic E-state index is 0.182. The third kappa shape index (κ3) is 3.16. The first-order chi connectivity index (χ1) is 9.52. The Labute approximate surface area is 117 Å². The molecule has 1 saturated heterocycles. The van der Waals surface area contributed by atoms with E-state index >= 15 is 0 Å². The molecular weight excluding hydrogens is 260 g/mol. The van der Waals surface area contributed by atoms with Crippen molar-refractivity contribution in [2.75, 3.05) is 13.2 Å². The van der Waals surface area contributed by atoms with E-state index in [1.165, 1.54) is 0 Å². The Morgan fingerprint density at radius 1 is 1.20 bits per heavy atom. The highest BCUT2D eigenvalue weighted by molar-refractivity contribution is 5.94. The minimum atomic E-state index is -1.03. The van der Waals surface area contributed by atoms with Crippen molar-refractivity contribution in [1.82, 2.24) is 10.6 Å². The molecule has 1 aromatic carbocycles. The SMILES string of the molecule is Cc1ccc(C(=O)NC[C@@H]2N[C@H](CO)[C@H](O)[C@@H]2O)cc1. The first-order valence-electron chi connectivity index (χ1n) is 6.61. The summed E-state index contributed by atoms with van der Waals surface area (Å²) in [5.74, 6) is -0.235. The maximum atomic E-state index is 11.9. The fourth-order valence-corrected chi connectivity index (χ4v) is 2.30. The quantitative estimate of drug-likeness (QED) is 0.476. The Morgan fingerprint density at radius 3 is 2.35 bits per heavy atom. The van der Waals surface area contributed by atoms with Crippen molar-refractivity contribution in [3.8, 4) is 0 Å². The van der Waals surface area contributed by atoms with Crippen molar-refractivity contribution in [2.45, 2.75) is 31.2 Å². The summed E-state index contributed by atoms with van der Waals surface area (Å²) in [7, 11) is 0. The number of hydrogen-bond donors (Lipinski definition) is 5. The van der Waals surface area contributed by atoms with E-state index in [9.17, 15) is 15.0 Å². The van der Waals surface area contributed by atoms with Crippen LogP contribution in [0.5, 0.6) is 0 Å². The molecule has 20 heavy (non-hydrogen) atoms. The standard InChI is InChI=1S/C14H20N2O4/c1-8-2-4-9(5-3-8)14(20)15-6-10-12(18)13(19)11(7-17)16-10/h2-5,10-13,16-19H,6-7H2,1H3,(H,15,20)/t10-,11+,12+,13-/m0/s1. The van der Waals surface area contributed by atoms with Crippen LogP contribution in [0.1, 0.15) is 15.9 Å². The summed E-state index contributed by atoms with van der Waals surface area (Å²) in [5.41, 5.74) is 1.62. The molecule has 1 aliphatic heterocycles. The van der Waals surface area contributed by atoms with Crippen LogP contribution in [0, 0.1) is 6.92 Å². The Kier molecular flexibility index (Phi) is 4.72. The monoisotopic (exact) mass is 280 g/mol. The van der Waals surface area contributed by atoms with Crippen LogP contribution >= 0.6 is 0 Å². The van der Waals surface area contributed by atoms with Gasteiger partial charge in [0.1, 0.15) is 0 Å². The number of nitrogens with one attached hydrogen (secondary N) is 2. The number of amides is 1. The number of aliphatic hydroxyl groups is 3. The van der Waals surface area contributed by atoms with Gasteiger partial charge in [0.15, 0.2) is 0 Å². The zero-order chi connectivity index (χ0) is 14.7. The van der Waals surface area contributed by atoms with Crippen molar-refractivity contribution in [3.63, 3.8) is 0 Å². The number of rotatable bonds is 4. The maximum Gasteiger partial charge on any atom is 0.251 e. The lowest BCUT2D eigenvalue weighted by Crippen LogP contribution is -2.44. The number of benzene rings is 1. The molecule has 6 heteroatoms. The van der Waals surface area contributed by atoms with Crippen molar-refractivity contribution in [3.05, 3.63) is 35.4 Å².